The molecular weight excluding hydrogens is 392 g/mol. The average Bonchev–Trinajstić information content (AvgIpc) is 3.51. The van der Waals surface area contributed by atoms with E-state index in [-0.39, 0.29) is 11.3 Å². The lowest BCUT2D eigenvalue weighted by molar-refractivity contribution is -0.128. The number of hydrogen-bond acceptors (Lipinski definition) is 5. The summed E-state index contributed by atoms with van der Waals surface area (Å²) in [6, 6.07) is 0. The molecule has 1 N–H and O–H groups in total. The summed E-state index contributed by atoms with van der Waals surface area (Å²) in [7, 11) is 0. The van der Waals surface area contributed by atoms with Gasteiger partial charge in [0.25, 0.3) is 0 Å². The van der Waals surface area contributed by atoms with Crippen LogP contribution in [0.15, 0.2) is 0 Å². The van der Waals surface area contributed by atoms with E-state index < -0.39 is 0 Å². The van der Waals surface area contributed by atoms with Crippen molar-refractivity contribution in [1.29, 1.82) is 0 Å². The van der Waals surface area contributed by atoms with Crippen molar-refractivity contribution in [2.24, 2.45) is 11.3 Å². The Morgan fingerprint density at radius 3 is 2.70 bits per heavy atom. The molecule has 2 aromatic rings. The second-order valence-corrected chi connectivity index (χ2v) is 11.6. The Balaban J connectivity index is 1.43. The lowest BCUT2D eigenvalue weighted by Crippen LogP contribution is -2.43. The van der Waals surface area contributed by atoms with Crippen LogP contribution in [-0.4, -0.2) is 35.5 Å². The largest absolute Gasteiger partial charge is 0.356 e. The molecule has 5 nitrogen and oxygen atoms in total. The SMILES string of the molecule is CC(C)(C)C(=O)NCC1CCCN(c2nc(C3CC3)nc3sc4c(c23)CCCC4)C1. The Morgan fingerprint density at radius 2 is 1.93 bits per heavy atom. The summed E-state index contributed by atoms with van der Waals surface area (Å²) < 4.78 is 0. The zero-order valence-corrected chi connectivity index (χ0v) is 19.4. The Kier molecular flexibility index (Phi) is 5.24. The van der Waals surface area contributed by atoms with Crippen molar-refractivity contribution >= 4 is 33.3 Å². The zero-order valence-electron chi connectivity index (χ0n) is 18.6. The van der Waals surface area contributed by atoms with Gasteiger partial charge in [0.2, 0.25) is 5.91 Å². The van der Waals surface area contributed by atoms with E-state index in [4.69, 9.17) is 9.97 Å². The van der Waals surface area contributed by atoms with E-state index in [1.165, 1.54) is 66.5 Å². The lowest BCUT2D eigenvalue weighted by atomic mass is 9.93. The lowest BCUT2D eigenvalue weighted by Gasteiger charge is -2.35. The molecule has 1 atom stereocenters. The Bertz CT molecular complexity index is 956. The highest BCUT2D eigenvalue weighted by atomic mass is 32.1. The van der Waals surface area contributed by atoms with Crippen molar-refractivity contribution in [3.05, 3.63) is 16.3 Å². The molecule has 2 fully saturated rings. The minimum absolute atomic E-state index is 0.145. The van der Waals surface area contributed by atoms with Gasteiger partial charge in [0.05, 0.1) is 5.39 Å². The van der Waals surface area contributed by atoms with Gasteiger partial charge in [0, 0.05) is 35.8 Å². The number of fused-ring (bicyclic) bond motifs is 3. The molecule has 5 rings (SSSR count). The Hall–Kier alpha value is -1.69. The van der Waals surface area contributed by atoms with Gasteiger partial charge in [-0.05, 0) is 62.8 Å². The summed E-state index contributed by atoms with van der Waals surface area (Å²) >= 11 is 1.92. The van der Waals surface area contributed by atoms with Gasteiger partial charge in [-0.15, -0.1) is 11.3 Å². The number of nitrogens with zero attached hydrogens (tertiary/aromatic N) is 3. The van der Waals surface area contributed by atoms with Crippen LogP contribution in [0.4, 0.5) is 5.82 Å². The van der Waals surface area contributed by atoms with Crippen LogP contribution in [0.1, 0.15) is 81.5 Å². The first kappa shape index (κ1) is 20.2. The molecule has 162 valence electrons. The minimum atomic E-state index is -0.331. The van der Waals surface area contributed by atoms with Crippen molar-refractivity contribution in [3.63, 3.8) is 0 Å². The van der Waals surface area contributed by atoms with Crippen molar-refractivity contribution in [3.8, 4) is 0 Å². The number of amides is 1. The van der Waals surface area contributed by atoms with Gasteiger partial charge in [-0.1, -0.05) is 20.8 Å². The van der Waals surface area contributed by atoms with Gasteiger partial charge in [0.15, 0.2) is 0 Å². The van der Waals surface area contributed by atoms with Gasteiger partial charge in [-0.2, -0.15) is 0 Å². The molecule has 1 saturated heterocycles. The first-order chi connectivity index (χ1) is 14.4. The number of hydrogen-bond donors (Lipinski definition) is 1. The Morgan fingerprint density at radius 1 is 1.13 bits per heavy atom. The molecule has 3 heterocycles. The maximum atomic E-state index is 12.3. The number of aromatic nitrogens is 2. The van der Waals surface area contributed by atoms with Crippen LogP contribution in [0.5, 0.6) is 0 Å². The number of nitrogens with one attached hydrogen (secondary N) is 1. The van der Waals surface area contributed by atoms with Gasteiger partial charge < -0.3 is 10.2 Å². The minimum Gasteiger partial charge on any atom is -0.356 e. The molecule has 0 spiro atoms. The fourth-order valence-corrected chi connectivity index (χ4v) is 6.10. The van der Waals surface area contributed by atoms with Gasteiger partial charge in [-0.25, -0.2) is 9.97 Å². The third kappa shape index (κ3) is 3.95. The highest BCUT2D eigenvalue weighted by Gasteiger charge is 2.32. The average molecular weight is 427 g/mol. The highest BCUT2D eigenvalue weighted by molar-refractivity contribution is 7.19. The summed E-state index contributed by atoms with van der Waals surface area (Å²) in [6.45, 7) is 8.73. The Labute approximate surface area is 183 Å². The summed E-state index contributed by atoms with van der Waals surface area (Å²) in [5.41, 5.74) is 1.20. The van der Waals surface area contributed by atoms with Crippen molar-refractivity contribution in [2.45, 2.75) is 78.1 Å². The van der Waals surface area contributed by atoms with Crippen molar-refractivity contribution in [1.82, 2.24) is 15.3 Å². The van der Waals surface area contributed by atoms with E-state index in [0.717, 1.165) is 31.9 Å². The number of anilines is 1. The van der Waals surface area contributed by atoms with Crippen LogP contribution in [0.2, 0.25) is 0 Å². The van der Waals surface area contributed by atoms with Crippen LogP contribution in [-0.2, 0) is 17.6 Å². The number of carbonyl (C=O) groups is 1. The van der Waals surface area contributed by atoms with Crippen LogP contribution in [0.25, 0.3) is 10.2 Å². The normalized spacial score (nSPS) is 22.2. The topological polar surface area (TPSA) is 58.1 Å². The zero-order chi connectivity index (χ0) is 20.9. The predicted octanol–water partition coefficient (Wildman–Crippen LogP) is 4.83. The van der Waals surface area contributed by atoms with Crippen LogP contribution >= 0.6 is 11.3 Å². The molecule has 0 radical (unpaired) electrons. The summed E-state index contributed by atoms with van der Waals surface area (Å²) in [5, 5.41) is 4.54. The summed E-state index contributed by atoms with van der Waals surface area (Å²) in [4.78, 5) is 27.8. The monoisotopic (exact) mass is 426 g/mol. The standard InChI is InChI=1S/C24H34N4OS/c1-24(2,3)23(29)25-13-15-7-6-12-28(14-15)21-19-17-8-4-5-9-18(17)30-22(19)27-20(26-21)16-10-11-16/h15-16H,4-14H2,1-3H3,(H,25,29). The first-order valence-electron chi connectivity index (χ1n) is 11.8. The molecule has 1 unspecified atom stereocenters. The molecule has 30 heavy (non-hydrogen) atoms. The van der Waals surface area contributed by atoms with Gasteiger partial charge >= 0.3 is 0 Å². The van der Waals surface area contributed by atoms with Gasteiger partial charge in [-0.3, -0.25) is 4.79 Å². The molecule has 0 aromatic carbocycles. The molecule has 2 aromatic heterocycles. The second-order valence-electron chi connectivity index (χ2n) is 10.5. The quantitative estimate of drug-likeness (QED) is 0.761. The van der Waals surface area contributed by atoms with Crippen LogP contribution in [0, 0.1) is 11.3 Å². The molecule has 1 amide bonds. The molecule has 2 aliphatic carbocycles. The first-order valence-corrected chi connectivity index (χ1v) is 12.6. The molecule has 6 heteroatoms. The van der Waals surface area contributed by atoms with E-state index in [9.17, 15) is 4.79 Å². The fraction of sp³-hybridized carbons (Fsp3) is 0.708. The predicted molar refractivity (Wildman–Crippen MR) is 123 cm³/mol. The van der Waals surface area contributed by atoms with Crippen molar-refractivity contribution in [2.75, 3.05) is 24.5 Å². The van der Waals surface area contributed by atoms with E-state index in [1.807, 2.05) is 32.1 Å². The van der Waals surface area contributed by atoms with E-state index in [2.05, 4.69) is 10.2 Å². The van der Waals surface area contributed by atoms with Crippen molar-refractivity contribution < 1.29 is 4.79 Å². The van der Waals surface area contributed by atoms with E-state index >= 15 is 0 Å². The number of thiophene rings is 1. The summed E-state index contributed by atoms with van der Waals surface area (Å²) in [6.07, 6.45) is 9.76. The van der Waals surface area contributed by atoms with E-state index in [1.54, 1.807) is 4.88 Å². The second kappa shape index (κ2) is 7.77. The fourth-order valence-electron chi connectivity index (χ4n) is 4.83. The smallest absolute Gasteiger partial charge is 0.225 e. The number of carbonyl (C=O) groups excluding carboxylic acids is 1. The molecule has 3 aliphatic rings. The number of piperidine rings is 1. The third-order valence-corrected chi connectivity index (χ3v) is 7.99. The summed E-state index contributed by atoms with van der Waals surface area (Å²) in [5.74, 6) is 3.45. The third-order valence-electron chi connectivity index (χ3n) is 6.81. The van der Waals surface area contributed by atoms with Gasteiger partial charge in [0.1, 0.15) is 16.5 Å². The number of aryl methyl sites for hydroxylation is 2. The van der Waals surface area contributed by atoms with Crippen LogP contribution < -0.4 is 10.2 Å². The maximum absolute atomic E-state index is 12.3. The maximum Gasteiger partial charge on any atom is 0.225 e. The van der Waals surface area contributed by atoms with Crippen LogP contribution in [0.3, 0.4) is 0 Å². The highest BCUT2D eigenvalue weighted by Crippen LogP contribution is 2.44. The molecule has 0 bridgehead atoms. The molecule has 1 saturated carbocycles. The van der Waals surface area contributed by atoms with E-state index in [0.29, 0.717) is 11.8 Å². The number of rotatable bonds is 4. The molecular formula is C24H34N4OS. The molecule has 1 aliphatic heterocycles.